The molecular weight excluding hydrogens is 460 g/mol. The van der Waals surface area contributed by atoms with Crippen LogP contribution in [0.1, 0.15) is 37.1 Å². The van der Waals surface area contributed by atoms with Crippen LogP contribution in [0.2, 0.25) is 0 Å². The van der Waals surface area contributed by atoms with Gasteiger partial charge in [0.15, 0.2) is 0 Å². The number of hydrogen-bond donors (Lipinski definition) is 1. The number of amidine groups is 1. The number of aryl methyl sites for hydroxylation is 1. The first kappa shape index (κ1) is 23.2. The summed E-state index contributed by atoms with van der Waals surface area (Å²) in [7, 11) is -2.02. The summed E-state index contributed by atoms with van der Waals surface area (Å²) in [4.78, 5) is 19.9. The molecule has 10 heteroatoms. The normalized spacial score (nSPS) is 16.1. The Labute approximate surface area is 197 Å². The number of oxazole rings is 1. The van der Waals surface area contributed by atoms with Crippen molar-refractivity contribution in [3.05, 3.63) is 53.2 Å². The second-order valence-corrected chi connectivity index (χ2v) is 10.5. The molecule has 1 amide bonds. The zero-order valence-corrected chi connectivity index (χ0v) is 20.2. The Bertz CT molecular complexity index is 1260. The first-order chi connectivity index (χ1) is 15.8. The molecule has 1 N–H and O–H groups in total. The number of carbonyl (C=O) groups excluding carboxylic acids is 1. The predicted molar refractivity (Wildman–Crippen MR) is 129 cm³/mol. The molecule has 8 nitrogen and oxygen atoms in total. The summed E-state index contributed by atoms with van der Waals surface area (Å²) >= 11 is 1.51. The average Bonchev–Trinajstić information content (AvgIpc) is 3.38. The van der Waals surface area contributed by atoms with E-state index < -0.39 is 10.0 Å². The summed E-state index contributed by atoms with van der Waals surface area (Å²) in [6.45, 7) is 2.56. The number of hydrogen-bond acceptors (Lipinski definition) is 6. The Morgan fingerprint density at radius 2 is 2.09 bits per heavy atom. The van der Waals surface area contributed by atoms with E-state index in [0.717, 1.165) is 30.7 Å². The van der Waals surface area contributed by atoms with Crippen LogP contribution in [-0.4, -0.2) is 43.6 Å². The molecule has 4 rings (SSSR count). The number of carbonyl (C=O) groups is 1. The Hall–Kier alpha value is -2.98. The summed E-state index contributed by atoms with van der Waals surface area (Å²) in [5.41, 5.74) is 0.928. The lowest BCUT2D eigenvalue weighted by molar-refractivity contribution is -0.115. The average molecular weight is 487 g/mol. The summed E-state index contributed by atoms with van der Waals surface area (Å²) in [5.74, 6) is 1.33. The molecule has 0 bridgehead atoms. The molecule has 0 saturated carbocycles. The van der Waals surface area contributed by atoms with E-state index in [4.69, 9.17) is 4.42 Å². The van der Waals surface area contributed by atoms with Gasteiger partial charge >= 0.3 is 0 Å². The maximum Gasteiger partial charge on any atom is 0.284 e. The number of rotatable bonds is 6. The minimum Gasteiger partial charge on any atom is -0.440 e. The third-order valence-corrected chi connectivity index (χ3v) is 7.59. The molecule has 33 heavy (non-hydrogen) atoms. The molecule has 3 aromatic rings. The highest BCUT2D eigenvalue weighted by molar-refractivity contribution is 7.90. The lowest BCUT2D eigenvalue weighted by Gasteiger charge is -2.17. The fraction of sp³-hybridized carbons (Fsp3) is 0.348. The quantitative estimate of drug-likeness (QED) is 0.551. The molecular formula is C23H26N4O4S2. The van der Waals surface area contributed by atoms with Gasteiger partial charge in [0, 0.05) is 25.7 Å². The van der Waals surface area contributed by atoms with E-state index in [1.54, 1.807) is 19.1 Å². The van der Waals surface area contributed by atoms with E-state index >= 15 is 0 Å². The van der Waals surface area contributed by atoms with Crippen LogP contribution in [0.5, 0.6) is 0 Å². The molecule has 0 unspecified atom stereocenters. The highest BCUT2D eigenvalue weighted by Gasteiger charge is 2.20. The van der Waals surface area contributed by atoms with Crippen LogP contribution in [0.15, 0.2) is 55.5 Å². The maximum absolute atomic E-state index is 12.9. The summed E-state index contributed by atoms with van der Waals surface area (Å²) in [6.07, 6.45) is 3.66. The SMILES string of the molecule is Cc1oc(-c2cccs2)nc1CC(=O)Nc1cccc(S(=O)(=O)N=C2CCCCCN2C)c1. The first-order valence-electron chi connectivity index (χ1n) is 10.8. The Balaban J connectivity index is 1.47. The van der Waals surface area contributed by atoms with Crippen molar-refractivity contribution >= 4 is 38.8 Å². The second kappa shape index (κ2) is 9.88. The number of thiophene rings is 1. The number of sulfonamides is 1. The van der Waals surface area contributed by atoms with Crippen molar-refractivity contribution in [1.29, 1.82) is 0 Å². The van der Waals surface area contributed by atoms with Crippen LogP contribution < -0.4 is 5.32 Å². The number of nitrogens with zero attached hydrogens (tertiary/aromatic N) is 3. The van der Waals surface area contributed by atoms with Gasteiger partial charge in [0.25, 0.3) is 10.0 Å². The van der Waals surface area contributed by atoms with Gasteiger partial charge in [-0.2, -0.15) is 8.42 Å². The zero-order valence-electron chi connectivity index (χ0n) is 18.6. The molecule has 2 aromatic heterocycles. The van der Waals surface area contributed by atoms with Crippen molar-refractivity contribution in [2.75, 3.05) is 18.9 Å². The first-order valence-corrected chi connectivity index (χ1v) is 13.1. The van der Waals surface area contributed by atoms with Gasteiger partial charge in [-0.1, -0.05) is 18.6 Å². The van der Waals surface area contributed by atoms with E-state index in [0.29, 0.717) is 35.3 Å². The number of anilines is 1. The van der Waals surface area contributed by atoms with Crippen molar-refractivity contribution in [2.24, 2.45) is 4.40 Å². The molecule has 1 fully saturated rings. The van der Waals surface area contributed by atoms with E-state index in [1.165, 1.54) is 23.5 Å². The van der Waals surface area contributed by atoms with Crippen LogP contribution in [0.3, 0.4) is 0 Å². The van der Waals surface area contributed by atoms with Crippen LogP contribution >= 0.6 is 11.3 Å². The van der Waals surface area contributed by atoms with Crippen molar-refractivity contribution in [3.8, 4) is 10.8 Å². The molecule has 1 aromatic carbocycles. The monoisotopic (exact) mass is 486 g/mol. The zero-order chi connectivity index (χ0) is 23.4. The van der Waals surface area contributed by atoms with Crippen LogP contribution in [0.4, 0.5) is 5.69 Å². The predicted octanol–water partition coefficient (Wildman–Crippen LogP) is 4.49. The van der Waals surface area contributed by atoms with E-state index in [-0.39, 0.29) is 17.2 Å². The number of likely N-dealkylation sites (tertiary alicyclic amines) is 1. The van der Waals surface area contributed by atoms with Crippen molar-refractivity contribution in [3.63, 3.8) is 0 Å². The van der Waals surface area contributed by atoms with Crippen LogP contribution in [0, 0.1) is 6.92 Å². The van der Waals surface area contributed by atoms with Crippen LogP contribution in [0.25, 0.3) is 10.8 Å². The summed E-state index contributed by atoms with van der Waals surface area (Å²) in [5, 5.41) is 4.69. The molecule has 1 aliphatic heterocycles. The lowest BCUT2D eigenvalue weighted by Crippen LogP contribution is -2.26. The minimum atomic E-state index is -3.89. The molecule has 0 aliphatic carbocycles. The highest BCUT2D eigenvalue weighted by atomic mass is 32.2. The molecule has 1 saturated heterocycles. The standard InChI is InChI=1S/C23H26N4O4S2/c1-16-19(25-23(31-16)20-10-7-13-32-20)15-22(28)24-17-8-6-9-18(14-17)33(29,30)26-21-11-4-3-5-12-27(21)2/h6-10,13-14H,3-5,11-12,15H2,1-2H3,(H,24,28). The molecule has 3 heterocycles. The Morgan fingerprint density at radius 1 is 1.24 bits per heavy atom. The van der Waals surface area contributed by atoms with E-state index in [9.17, 15) is 13.2 Å². The van der Waals surface area contributed by atoms with Gasteiger partial charge in [-0.25, -0.2) is 4.98 Å². The molecule has 0 radical (unpaired) electrons. The number of aromatic nitrogens is 1. The summed E-state index contributed by atoms with van der Waals surface area (Å²) < 4.78 is 35.6. The third-order valence-electron chi connectivity index (χ3n) is 5.43. The molecule has 1 aliphatic rings. The lowest BCUT2D eigenvalue weighted by atomic mass is 10.2. The highest BCUT2D eigenvalue weighted by Crippen LogP contribution is 2.26. The van der Waals surface area contributed by atoms with Gasteiger partial charge in [0.2, 0.25) is 11.8 Å². The van der Waals surface area contributed by atoms with E-state index in [1.807, 2.05) is 29.5 Å². The smallest absolute Gasteiger partial charge is 0.284 e. The van der Waals surface area contributed by atoms with Gasteiger partial charge in [0.05, 0.1) is 21.9 Å². The van der Waals surface area contributed by atoms with Crippen molar-refractivity contribution in [1.82, 2.24) is 9.88 Å². The molecule has 0 spiro atoms. The van der Waals surface area contributed by atoms with Crippen molar-refractivity contribution in [2.45, 2.75) is 43.9 Å². The second-order valence-electron chi connectivity index (χ2n) is 7.97. The van der Waals surface area contributed by atoms with Gasteiger partial charge in [-0.15, -0.1) is 15.7 Å². The Morgan fingerprint density at radius 3 is 2.88 bits per heavy atom. The summed E-state index contributed by atoms with van der Waals surface area (Å²) in [6, 6.07) is 9.97. The van der Waals surface area contributed by atoms with E-state index in [2.05, 4.69) is 14.7 Å². The molecule has 0 atom stereocenters. The maximum atomic E-state index is 12.9. The topological polar surface area (TPSA) is 105 Å². The Kier molecular flexibility index (Phi) is 6.94. The minimum absolute atomic E-state index is 0.0186. The van der Waals surface area contributed by atoms with Gasteiger partial charge in [-0.05, 0) is 49.4 Å². The van der Waals surface area contributed by atoms with Gasteiger partial charge < -0.3 is 14.6 Å². The molecule has 174 valence electrons. The number of nitrogens with one attached hydrogen (secondary N) is 1. The number of benzene rings is 1. The number of amides is 1. The largest absolute Gasteiger partial charge is 0.440 e. The van der Waals surface area contributed by atoms with Crippen molar-refractivity contribution < 1.29 is 17.6 Å². The van der Waals surface area contributed by atoms with Gasteiger partial charge in [-0.3, -0.25) is 4.79 Å². The van der Waals surface area contributed by atoms with Crippen LogP contribution in [-0.2, 0) is 21.2 Å². The third kappa shape index (κ3) is 5.69. The fourth-order valence-corrected chi connectivity index (χ4v) is 5.41. The van der Waals surface area contributed by atoms with Gasteiger partial charge in [0.1, 0.15) is 11.6 Å². The fourth-order valence-electron chi connectivity index (χ4n) is 3.62.